The molecular weight excluding hydrogens is 260 g/mol. The van der Waals surface area contributed by atoms with E-state index in [0.29, 0.717) is 31.3 Å². The molecule has 1 atom stereocenters. The summed E-state index contributed by atoms with van der Waals surface area (Å²) in [7, 11) is 0. The van der Waals surface area contributed by atoms with E-state index in [9.17, 15) is 4.79 Å². The minimum absolute atomic E-state index is 0. The number of carbonyl (C=O) groups is 1. The summed E-state index contributed by atoms with van der Waals surface area (Å²) in [6.45, 7) is 13.0. The molecule has 0 saturated carbocycles. The molecular formula is C15H27ClN2O. The summed E-state index contributed by atoms with van der Waals surface area (Å²) in [4.78, 5) is 14.0. The molecule has 110 valence electrons. The van der Waals surface area contributed by atoms with E-state index < -0.39 is 0 Å². The van der Waals surface area contributed by atoms with Gasteiger partial charge in [0.05, 0.1) is 0 Å². The van der Waals surface area contributed by atoms with Crippen LogP contribution in [0.1, 0.15) is 26.2 Å². The number of carbonyl (C=O) groups excluding carboxylic acids is 1. The molecule has 1 aliphatic heterocycles. The van der Waals surface area contributed by atoms with Crippen LogP contribution in [0.2, 0.25) is 0 Å². The van der Waals surface area contributed by atoms with Crippen molar-refractivity contribution >= 4 is 18.3 Å². The largest absolute Gasteiger partial charge is 0.335 e. The summed E-state index contributed by atoms with van der Waals surface area (Å²) in [6, 6.07) is 0. The van der Waals surface area contributed by atoms with E-state index in [1.165, 1.54) is 12.8 Å². The van der Waals surface area contributed by atoms with E-state index in [0.717, 1.165) is 13.1 Å². The zero-order valence-electron chi connectivity index (χ0n) is 11.9. The minimum atomic E-state index is 0. The summed E-state index contributed by atoms with van der Waals surface area (Å²) in [6.07, 6.45) is 6.58. The summed E-state index contributed by atoms with van der Waals surface area (Å²) >= 11 is 0. The Morgan fingerprint density at radius 1 is 1.32 bits per heavy atom. The van der Waals surface area contributed by atoms with Crippen molar-refractivity contribution in [1.82, 2.24) is 10.2 Å². The first-order valence-electron chi connectivity index (χ1n) is 6.89. The lowest BCUT2D eigenvalue weighted by Gasteiger charge is -2.29. The topological polar surface area (TPSA) is 32.3 Å². The van der Waals surface area contributed by atoms with Crippen LogP contribution in [0.25, 0.3) is 0 Å². The van der Waals surface area contributed by atoms with Crippen molar-refractivity contribution < 1.29 is 4.79 Å². The normalized spacial score (nSPS) is 17.1. The SMILES string of the molecule is C=CCN(CC=C)C(=O)CC(C)C1CCNCC1.Cl. The van der Waals surface area contributed by atoms with Crippen molar-refractivity contribution in [1.29, 1.82) is 0 Å². The maximum Gasteiger partial charge on any atom is 0.223 e. The van der Waals surface area contributed by atoms with Crippen molar-refractivity contribution in [2.24, 2.45) is 11.8 Å². The second-order valence-corrected chi connectivity index (χ2v) is 5.14. The summed E-state index contributed by atoms with van der Waals surface area (Å²) in [5.41, 5.74) is 0. The molecule has 3 nitrogen and oxygen atoms in total. The van der Waals surface area contributed by atoms with E-state index in [2.05, 4.69) is 25.4 Å². The Kier molecular flexibility index (Phi) is 9.62. The molecule has 0 spiro atoms. The molecule has 0 aromatic carbocycles. The van der Waals surface area contributed by atoms with Crippen LogP contribution >= 0.6 is 12.4 Å². The predicted octanol–water partition coefficient (Wildman–Crippen LogP) is 2.63. The number of nitrogens with zero attached hydrogens (tertiary/aromatic N) is 1. The van der Waals surface area contributed by atoms with E-state index in [-0.39, 0.29) is 18.3 Å². The van der Waals surface area contributed by atoms with E-state index in [1.54, 1.807) is 12.2 Å². The smallest absolute Gasteiger partial charge is 0.223 e. The molecule has 19 heavy (non-hydrogen) atoms. The van der Waals surface area contributed by atoms with Gasteiger partial charge in [-0.2, -0.15) is 0 Å². The lowest BCUT2D eigenvalue weighted by atomic mass is 9.84. The molecule has 1 heterocycles. The second kappa shape index (κ2) is 10.0. The number of piperidine rings is 1. The highest BCUT2D eigenvalue weighted by Gasteiger charge is 2.23. The average Bonchev–Trinajstić information content (AvgIpc) is 2.39. The molecule has 1 amide bonds. The third-order valence-electron chi connectivity index (χ3n) is 3.74. The fraction of sp³-hybridized carbons (Fsp3) is 0.667. The third kappa shape index (κ3) is 6.26. The molecule has 1 fully saturated rings. The Hall–Kier alpha value is -0.800. The zero-order valence-corrected chi connectivity index (χ0v) is 12.8. The van der Waals surface area contributed by atoms with Gasteiger partial charge in [-0.15, -0.1) is 25.6 Å². The molecule has 0 aromatic rings. The average molecular weight is 287 g/mol. The third-order valence-corrected chi connectivity index (χ3v) is 3.74. The number of rotatable bonds is 7. The molecule has 1 aliphatic rings. The van der Waals surface area contributed by atoms with Gasteiger partial charge in [0, 0.05) is 19.5 Å². The van der Waals surface area contributed by atoms with Crippen LogP contribution in [-0.2, 0) is 4.79 Å². The van der Waals surface area contributed by atoms with Crippen molar-refractivity contribution in [2.45, 2.75) is 26.2 Å². The predicted molar refractivity (Wildman–Crippen MR) is 83.6 cm³/mol. The molecule has 1 saturated heterocycles. The van der Waals surface area contributed by atoms with Gasteiger partial charge in [0.1, 0.15) is 0 Å². The quantitative estimate of drug-likeness (QED) is 0.730. The van der Waals surface area contributed by atoms with Gasteiger partial charge in [0.15, 0.2) is 0 Å². The van der Waals surface area contributed by atoms with Crippen LogP contribution in [0.4, 0.5) is 0 Å². The molecule has 0 aromatic heterocycles. The van der Waals surface area contributed by atoms with Gasteiger partial charge in [0.25, 0.3) is 0 Å². The summed E-state index contributed by atoms with van der Waals surface area (Å²) in [5, 5.41) is 3.36. The van der Waals surface area contributed by atoms with Gasteiger partial charge in [-0.05, 0) is 37.8 Å². The molecule has 0 aliphatic carbocycles. The first-order chi connectivity index (χ1) is 8.69. The highest BCUT2D eigenvalue weighted by atomic mass is 35.5. The van der Waals surface area contributed by atoms with Crippen molar-refractivity contribution in [3.8, 4) is 0 Å². The van der Waals surface area contributed by atoms with Gasteiger partial charge in [-0.3, -0.25) is 4.79 Å². The lowest BCUT2D eigenvalue weighted by Crippen LogP contribution is -2.36. The van der Waals surface area contributed by atoms with Crippen molar-refractivity contribution in [3.05, 3.63) is 25.3 Å². The van der Waals surface area contributed by atoms with Crippen LogP contribution in [0, 0.1) is 11.8 Å². The lowest BCUT2D eigenvalue weighted by molar-refractivity contribution is -0.131. The molecule has 1 rings (SSSR count). The van der Waals surface area contributed by atoms with Gasteiger partial charge in [0.2, 0.25) is 5.91 Å². The molecule has 1 N–H and O–H groups in total. The summed E-state index contributed by atoms with van der Waals surface area (Å²) < 4.78 is 0. The fourth-order valence-electron chi connectivity index (χ4n) is 2.57. The first kappa shape index (κ1) is 18.2. The monoisotopic (exact) mass is 286 g/mol. The van der Waals surface area contributed by atoms with Gasteiger partial charge in [-0.25, -0.2) is 0 Å². The second-order valence-electron chi connectivity index (χ2n) is 5.14. The minimum Gasteiger partial charge on any atom is -0.335 e. The number of nitrogens with one attached hydrogen (secondary N) is 1. The van der Waals surface area contributed by atoms with Crippen molar-refractivity contribution in [2.75, 3.05) is 26.2 Å². The highest BCUT2D eigenvalue weighted by Crippen LogP contribution is 2.24. The van der Waals surface area contributed by atoms with Crippen molar-refractivity contribution in [3.63, 3.8) is 0 Å². The Morgan fingerprint density at radius 2 is 1.84 bits per heavy atom. The maximum absolute atomic E-state index is 12.2. The van der Waals surface area contributed by atoms with E-state index >= 15 is 0 Å². The zero-order chi connectivity index (χ0) is 13.4. The van der Waals surface area contributed by atoms with Crippen LogP contribution in [0.5, 0.6) is 0 Å². The van der Waals surface area contributed by atoms with Crippen LogP contribution < -0.4 is 5.32 Å². The molecule has 4 heteroatoms. The number of amides is 1. The standard InChI is InChI=1S/C15H26N2O.ClH/c1-4-10-17(11-5-2)15(18)12-13(3)14-6-8-16-9-7-14;/h4-5,13-14,16H,1-2,6-12H2,3H3;1H. The first-order valence-corrected chi connectivity index (χ1v) is 6.89. The number of halogens is 1. The number of hydrogen-bond donors (Lipinski definition) is 1. The Labute approximate surface area is 123 Å². The van der Waals surface area contributed by atoms with Crippen LogP contribution in [-0.4, -0.2) is 37.0 Å². The van der Waals surface area contributed by atoms with Gasteiger partial charge < -0.3 is 10.2 Å². The van der Waals surface area contributed by atoms with E-state index in [1.807, 2.05) is 4.90 Å². The summed E-state index contributed by atoms with van der Waals surface area (Å²) in [5.74, 6) is 1.38. The molecule has 0 radical (unpaired) electrons. The molecule has 1 unspecified atom stereocenters. The Balaban J connectivity index is 0.00000324. The van der Waals surface area contributed by atoms with Crippen LogP contribution in [0.3, 0.4) is 0 Å². The molecule has 0 bridgehead atoms. The number of hydrogen-bond acceptors (Lipinski definition) is 2. The van der Waals surface area contributed by atoms with Gasteiger partial charge >= 0.3 is 0 Å². The fourth-order valence-corrected chi connectivity index (χ4v) is 2.57. The van der Waals surface area contributed by atoms with Crippen LogP contribution in [0.15, 0.2) is 25.3 Å². The Bertz CT molecular complexity index is 278. The van der Waals surface area contributed by atoms with E-state index in [4.69, 9.17) is 0 Å². The van der Waals surface area contributed by atoms with Gasteiger partial charge in [-0.1, -0.05) is 19.1 Å². The maximum atomic E-state index is 12.2. The Morgan fingerprint density at radius 3 is 2.32 bits per heavy atom. The highest BCUT2D eigenvalue weighted by molar-refractivity contribution is 5.85.